The van der Waals surface area contributed by atoms with Crippen LogP contribution in [0.25, 0.3) is 5.65 Å². The zero-order valence-electron chi connectivity index (χ0n) is 9.43. The fourth-order valence-corrected chi connectivity index (χ4v) is 2.67. The molecule has 0 unspecified atom stereocenters. The van der Waals surface area contributed by atoms with Gasteiger partial charge in [0.15, 0.2) is 11.5 Å². The molecule has 0 aliphatic carbocycles. The lowest BCUT2D eigenvalue weighted by Gasteiger charge is -2.26. The van der Waals surface area contributed by atoms with Crippen LogP contribution in [0, 0.1) is 0 Å². The second-order valence-electron chi connectivity index (χ2n) is 4.18. The van der Waals surface area contributed by atoms with Gasteiger partial charge in [0.2, 0.25) is 0 Å². The van der Waals surface area contributed by atoms with E-state index in [9.17, 15) is 0 Å². The van der Waals surface area contributed by atoms with Crippen LogP contribution in [0.3, 0.4) is 0 Å². The van der Waals surface area contributed by atoms with Crippen LogP contribution in [-0.2, 0) is 6.54 Å². The maximum absolute atomic E-state index is 4.27. The lowest BCUT2D eigenvalue weighted by molar-refractivity contribution is 0.227. The zero-order chi connectivity index (χ0) is 11.7. The molecule has 1 N–H and O–H groups in total. The van der Waals surface area contributed by atoms with Crippen molar-refractivity contribution in [3.05, 3.63) is 28.6 Å². The van der Waals surface area contributed by atoms with Crippen molar-refractivity contribution in [1.29, 1.82) is 0 Å². The minimum Gasteiger partial charge on any atom is -0.314 e. The molecule has 0 amide bonds. The van der Waals surface area contributed by atoms with Crippen LogP contribution >= 0.6 is 15.9 Å². The average molecular weight is 296 g/mol. The van der Waals surface area contributed by atoms with E-state index in [2.05, 4.69) is 40.7 Å². The van der Waals surface area contributed by atoms with E-state index >= 15 is 0 Å². The molecule has 90 valence electrons. The van der Waals surface area contributed by atoms with E-state index in [4.69, 9.17) is 0 Å². The Morgan fingerprint density at radius 2 is 2.06 bits per heavy atom. The van der Waals surface area contributed by atoms with E-state index in [-0.39, 0.29) is 0 Å². The lowest BCUT2D eigenvalue weighted by atomic mass is 10.3. The number of fused-ring (bicyclic) bond motifs is 1. The maximum atomic E-state index is 4.27. The molecule has 2 aromatic heterocycles. The standard InChI is InChI=1S/C11H14BrN5/c12-9-2-1-3-10-14-15-11(17(9)10)8-16-6-4-13-5-7-16/h1-3,13H,4-8H2. The number of piperazine rings is 1. The molecule has 5 nitrogen and oxygen atoms in total. The van der Waals surface area contributed by atoms with Crippen molar-refractivity contribution in [1.82, 2.24) is 24.8 Å². The average Bonchev–Trinajstić information content (AvgIpc) is 2.75. The second-order valence-corrected chi connectivity index (χ2v) is 5.00. The molecule has 6 heteroatoms. The first-order chi connectivity index (χ1) is 8.34. The largest absolute Gasteiger partial charge is 0.314 e. The van der Waals surface area contributed by atoms with Crippen LogP contribution in [0.4, 0.5) is 0 Å². The topological polar surface area (TPSA) is 45.5 Å². The summed E-state index contributed by atoms with van der Waals surface area (Å²) in [6.07, 6.45) is 0. The summed E-state index contributed by atoms with van der Waals surface area (Å²) >= 11 is 3.54. The van der Waals surface area contributed by atoms with Crippen LogP contribution in [0.2, 0.25) is 0 Å². The maximum Gasteiger partial charge on any atom is 0.161 e. The Balaban J connectivity index is 1.89. The van der Waals surface area contributed by atoms with Crippen LogP contribution in [-0.4, -0.2) is 45.7 Å². The van der Waals surface area contributed by atoms with E-state index in [1.165, 1.54) is 0 Å². The van der Waals surface area contributed by atoms with Gasteiger partial charge in [-0.3, -0.25) is 9.30 Å². The molecule has 1 aliphatic heterocycles. The summed E-state index contributed by atoms with van der Waals surface area (Å²) in [4.78, 5) is 2.40. The highest BCUT2D eigenvalue weighted by molar-refractivity contribution is 9.10. The highest BCUT2D eigenvalue weighted by atomic mass is 79.9. The molecule has 1 fully saturated rings. The fourth-order valence-electron chi connectivity index (χ4n) is 2.13. The minimum absolute atomic E-state index is 0.853. The quantitative estimate of drug-likeness (QED) is 0.836. The Morgan fingerprint density at radius 1 is 1.24 bits per heavy atom. The van der Waals surface area contributed by atoms with E-state index < -0.39 is 0 Å². The monoisotopic (exact) mass is 295 g/mol. The predicted molar refractivity (Wildman–Crippen MR) is 68.8 cm³/mol. The number of rotatable bonds is 2. The van der Waals surface area contributed by atoms with E-state index in [1.54, 1.807) is 0 Å². The Morgan fingerprint density at radius 3 is 2.88 bits per heavy atom. The molecule has 2 aromatic rings. The number of nitrogens with one attached hydrogen (secondary N) is 1. The third-order valence-electron chi connectivity index (χ3n) is 3.02. The number of aromatic nitrogens is 3. The Bertz CT molecular complexity index is 518. The smallest absolute Gasteiger partial charge is 0.161 e. The first-order valence-corrected chi connectivity index (χ1v) is 6.55. The van der Waals surface area contributed by atoms with Gasteiger partial charge in [-0.25, -0.2) is 0 Å². The van der Waals surface area contributed by atoms with E-state index in [0.717, 1.165) is 48.8 Å². The van der Waals surface area contributed by atoms with Crippen LogP contribution in [0.15, 0.2) is 22.8 Å². The van der Waals surface area contributed by atoms with Gasteiger partial charge < -0.3 is 5.32 Å². The first-order valence-electron chi connectivity index (χ1n) is 5.76. The van der Waals surface area contributed by atoms with Crippen molar-refractivity contribution in [3.8, 4) is 0 Å². The summed E-state index contributed by atoms with van der Waals surface area (Å²) in [5.41, 5.74) is 0.893. The number of hydrogen-bond donors (Lipinski definition) is 1. The van der Waals surface area contributed by atoms with Crippen LogP contribution < -0.4 is 5.32 Å². The van der Waals surface area contributed by atoms with Gasteiger partial charge in [-0.15, -0.1) is 10.2 Å². The lowest BCUT2D eigenvalue weighted by Crippen LogP contribution is -2.43. The highest BCUT2D eigenvalue weighted by Gasteiger charge is 2.14. The molecule has 3 heterocycles. The van der Waals surface area contributed by atoms with Crippen molar-refractivity contribution in [2.24, 2.45) is 0 Å². The van der Waals surface area contributed by atoms with Gasteiger partial charge >= 0.3 is 0 Å². The molecule has 0 radical (unpaired) electrons. The Kier molecular flexibility index (Phi) is 3.09. The molecular formula is C11H14BrN5. The Hall–Kier alpha value is -0.980. The molecule has 0 bridgehead atoms. The van der Waals surface area contributed by atoms with Gasteiger partial charge in [-0.1, -0.05) is 6.07 Å². The summed E-state index contributed by atoms with van der Waals surface area (Å²) in [5.74, 6) is 0.995. The second kappa shape index (κ2) is 4.72. The van der Waals surface area contributed by atoms with Crippen molar-refractivity contribution in [2.75, 3.05) is 26.2 Å². The van der Waals surface area contributed by atoms with Gasteiger partial charge in [0.1, 0.15) is 0 Å². The fraction of sp³-hybridized carbons (Fsp3) is 0.455. The molecule has 0 spiro atoms. The van der Waals surface area contributed by atoms with Gasteiger partial charge in [-0.2, -0.15) is 0 Å². The van der Waals surface area contributed by atoms with Gasteiger partial charge in [0, 0.05) is 26.2 Å². The first kappa shape index (κ1) is 11.1. The molecule has 17 heavy (non-hydrogen) atoms. The van der Waals surface area contributed by atoms with Gasteiger partial charge in [-0.05, 0) is 28.1 Å². The summed E-state index contributed by atoms with van der Waals surface area (Å²) in [7, 11) is 0. The summed E-state index contributed by atoms with van der Waals surface area (Å²) in [6.45, 7) is 5.10. The van der Waals surface area contributed by atoms with E-state index in [0.29, 0.717) is 0 Å². The van der Waals surface area contributed by atoms with Crippen LogP contribution in [0.1, 0.15) is 5.82 Å². The molecular weight excluding hydrogens is 282 g/mol. The summed E-state index contributed by atoms with van der Waals surface area (Å²) in [5, 5.41) is 11.8. The highest BCUT2D eigenvalue weighted by Crippen LogP contribution is 2.15. The van der Waals surface area contributed by atoms with E-state index in [1.807, 2.05) is 18.2 Å². The third kappa shape index (κ3) is 2.20. The summed E-state index contributed by atoms with van der Waals surface area (Å²) < 4.78 is 3.06. The van der Waals surface area contributed by atoms with Crippen molar-refractivity contribution in [3.63, 3.8) is 0 Å². The minimum atomic E-state index is 0.853. The number of pyridine rings is 1. The van der Waals surface area contributed by atoms with Gasteiger partial charge in [0.05, 0.1) is 11.1 Å². The number of halogens is 1. The molecule has 1 aliphatic rings. The third-order valence-corrected chi connectivity index (χ3v) is 3.64. The van der Waals surface area contributed by atoms with Crippen molar-refractivity contribution < 1.29 is 0 Å². The number of nitrogens with zero attached hydrogens (tertiary/aromatic N) is 4. The molecule has 1 saturated heterocycles. The number of hydrogen-bond acceptors (Lipinski definition) is 4. The summed E-state index contributed by atoms with van der Waals surface area (Å²) in [6, 6.07) is 5.96. The molecule has 0 atom stereocenters. The molecule has 3 rings (SSSR count). The van der Waals surface area contributed by atoms with Crippen LogP contribution in [0.5, 0.6) is 0 Å². The zero-order valence-corrected chi connectivity index (χ0v) is 11.0. The van der Waals surface area contributed by atoms with Crippen molar-refractivity contribution in [2.45, 2.75) is 6.54 Å². The predicted octanol–water partition coefficient (Wildman–Crippen LogP) is 0.897. The molecule has 0 aromatic carbocycles. The van der Waals surface area contributed by atoms with Crippen molar-refractivity contribution >= 4 is 21.6 Å². The van der Waals surface area contributed by atoms with Gasteiger partial charge in [0.25, 0.3) is 0 Å². The Labute approximate surface area is 108 Å². The molecule has 0 saturated carbocycles. The normalized spacial score (nSPS) is 17.7. The SMILES string of the molecule is Brc1cccc2nnc(CN3CCNCC3)n12.